The maximum absolute atomic E-state index is 11.5. The summed E-state index contributed by atoms with van der Waals surface area (Å²) in [5, 5.41) is 9.18. The van der Waals surface area contributed by atoms with Gasteiger partial charge in [0, 0.05) is 0 Å². The molecule has 5 nitrogen and oxygen atoms in total. The van der Waals surface area contributed by atoms with Crippen molar-refractivity contribution in [3.63, 3.8) is 0 Å². The van der Waals surface area contributed by atoms with Crippen molar-refractivity contribution in [1.29, 1.82) is 0 Å². The van der Waals surface area contributed by atoms with Gasteiger partial charge in [0.05, 0.1) is 11.2 Å². The van der Waals surface area contributed by atoms with E-state index in [2.05, 4.69) is 0 Å². The Morgan fingerprint density at radius 2 is 1.86 bits per heavy atom. The van der Waals surface area contributed by atoms with E-state index in [1.807, 2.05) is 6.07 Å². The molecular weight excluding hydrogens is 291 g/mol. The van der Waals surface area contributed by atoms with E-state index in [-0.39, 0.29) is 16.6 Å². The third-order valence-electron chi connectivity index (χ3n) is 5.17. The second-order valence-electron chi connectivity index (χ2n) is 6.28. The number of carboxylic acid groups (broad SMARTS) is 1. The molecule has 1 spiro atoms. The average molecular weight is 310 g/mol. The number of hydrogen-bond acceptors (Lipinski definition) is 2. The van der Waals surface area contributed by atoms with E-state index < -0.39 is 13.6 Å². The molecule has 1 aromatic carbocycles. The maximum atomic E-state index is 11.5. The lowest BCUT2D eigenvalue weighted by molar-refractivity contribution is -0.143. The fourth-order valence-electron chi connectivity index (χ4n) is 3.90. The fraction of sp³-hybridized carbons (Fsp3) is 0.533. The highest BCUT2D eigenvalue weighted by Gasteiger charge is 2.43. The highest BCUT2D eigenvalue weighted by Crippen LogP contribution is 2.50. The molecule has 0 atom stereocenters. The molecule has 21 heavy (non-hydrogen) atoms. The molecule has 0 heterocycles. The first-order chi connectivity index (χ1) is 9.82. The van der Waals surface area contributed by atoms with Crippen LogP contribution in [0.5, 0.6) is 0 Å². The Morgan fingerprint density at radius 1 is 1.19 bits per heavy atom. The third-order valence-corrected chi connectivity index (χ3v) is 6.12. The van der Waals surface area contributed by atoms with E-state index in [9.17, 15) is 19.1 Å². The van der Waals surface area contributed by atoms with Crippen LogP contribution in [0.3, 0.4) is 0 Å². The van der Waals surface area contributed by atoms with Crippen LogP contribution in [0.15, 0.2) is 18.2 Å². The molecule has 0 unspecified atom stereocenters. The molecule has 2 aliphatic rings. The van der Waals surface area contributed by atoms with E-state index in [4.69, 9.17) is 5.11 Å². The largest absolute Gasteiger partial charge is 0.481 e. The summed E-state index contributed by atoms with van der Waals surface area (Å²) in [6.45, 7) is 0. The zero-order valence-electron chi connectivity index (χ0n) is 11.7. The summed E-state index contributed by atoms with van der Waals surface area (Å²) in [5.74, 6) is -1.00. The second kappa shape index (κ2) is 4.94. The van der Waals surface area contributed by atoms with Gasteiger partial charge in [-0.25, -0.2) is 0 Å². The summed E-state index contributed by atoms with van der Waals surface area (Å²) < 4.78 is 11.5. The van der Waals surface area contributed by atoms with Gasteiger partial charge in [-0.15, -0.1) is 0 Å². The second-order valence-corrected chi connectivity index (χ2v) is 7.88. The third kappa shape index (κ3) is 2.54. The highest BCUT2D eigenvalue weighted by molar-refractivity contribution is 7.60. The number of benzene rings is 1. The molecule has 2 aliphatic carbocycles. The Balaban J connectivity index is 1.93. The van der Waals surface area contributed by atoms with Crippen LogP contribution >= 0.6 is 7.60 Å². The van der Waals surface area contributed by atoms with Gasteiger partial charge in [0.2, 0.25) is 0 Å². The topological polar surface area (TPSA) is 94.8 Å². The first-order valence-electron chi connectivity index (χ1n) is 7.24. The first-order valence-corrected chi connectivity index (χ1v) is 8.85. The molecule has 1 aromatic rings. The molecule has 0 amide bonds. The number of carboxylic acids is 1. The average Bonchev–Trinajstić information content (AvgIpc) is 2.77. The van der Waals surface area contributed by atoms with E-state index in [1.165, 1.54) is 6.07 Å². The molecule has 0 radical (unpaired) electrons. The standard InChI is InChI=1S/C15H19O5P/c16-14(17)11-4-7-15(8-5-11)6-3-10-1-2-12(9-13(10)15)21(18,19)20/h1-2,9,11H,3-8H2,(H,16,17)(H2,18,19,20). The minimum atomic E-state index is -4.24. The van der Waals surface area contributed by atoms with Crippen molar-refractivity contribution in [2.45, 2.75) is 43.9 Å². The molecule has 3 N–H and O–H groups in total. The Hall–Kier alpha value is -1.16. The molecule has 3 rings (SSSR count). The van der Waals surface area contributed by atoms with Crippen molar-refractivity contribution in [1.82, 2.24) is 0 Å². The summed E-state index contributed by atoms with van der Waals surface area (Å²) in [6.07, 6.45) is 4.75. The molecular formula is C15H19O5P. The van der Waals surface area contributed by atoms with E-state index >= 15 is 0 Å². The minimum absolute atomic E-state index is 0.0721. The zero-order valence-corrected chi connectivity index (χ0v) is 12.6. The number of aliphatic carboxylic acids is 1. The van der Waals surface area contributed by atoms with Gasteiger partial charge in [0.25, 0.3) is 0 Å². The lowest BCUT2D eigenvalue weighted by Gasteiger charge is -2.37. The van der Waals surface area contributed by atoms with Gasteiger partial charge in [-0.05, 0) is 67.2 Å². The number of hydrogen-bond donors (Lipinski definition) is 3. The molecule has 0 aromatic heterocycles. The molecule has 1 fully saturated rings. The molecule has 0 aliphatic heterocycles. The summed E-state index contributed by atoms with van der Waals surface area (Å²) in [5.41, 5.74) is 2.11. The lowest BCUT2D eigenvalue weighted by atomic mass is 9.67. The number of aryl methyl sites for hydroxylation is 1. The van der Waals surface area contributed by atoms with Gasteiger partial charge in [-0.2, -0.15) is 0 Å². The normalized spacial score (nSPS) is 28.6. The predicted molar refractivity (Wildman–Crippen MR) is 77.7 cm³/mol. The van der Waals surface area contributed by atoms with E-state index in [0.717, 1.165) is 36.8 Å². The Morgan fingerprint density at radius 3 is 2.43 bits per heavy atom. The van der Waals surface area contributed by atoms with Crippen molar-refractivity contribution in [2.75, 3.05) is 0 Å². The van der Waals surface area contributed by atoms with Crippen LogP contribution in [0.1, 0.15) is 43.2 Å². The molecule has 114 valence electrons. The van der Waals surface area contributed by atoms with Gasteiger partial charge in [-0.3, -0.25) is 9.36 Å². The van der Waals surface area contributed by atoms with Crippen molar-refractivity contribution in [3.8, 4) is 0 Å². The van der Waals surface area contributed by atoms with Crippen molar-refractivity contribution in [2.24, 2.45) is 5.92 Å². The number of fused-ring (bicyclic) bond motifs is 2. The van der Waals surface area contributed by atoms with Crippen LogP contribution in [-0.4, -0.2) is 20.9 Å². The Labute approximate surface area is 123 Å². The number of rotatable bonds is 2. The van der Waals surface area contributed by atoms with Crippen molar-refractivity contribution >= 4 is 18.9 Å². The summed E-state index contributed by atoms with van der Waals surface area (Å²) >= 11 is 0. The fourth-order valence-corrected chi connectivity index (χ4v) is 4.47. The van der Waals surface area contributed by atoms with Crippen LogP contribution in [-0.2, 0) is 21.2 Å². The van der Waals surface area contributed by atoms with Crippen LogP contribution in [0.2, 0.25) is 0 Å². The smallest absolute Gasteiger partial charge is 0.356 e. The predicted octanol–water partition coefficient (Wildman–Crippen LogP) is 1.95. The molecule has 1 saturated carbocycles. The summed E-state index contributed by atoms with van der Waals surface area (Å²) in [4.78, 5) is 29.8. The quantitative estimate of drug-likeness (QED) is 0.726. The Kier molecular flexibility index (Phi) is 3.47. The van der Waals surface area contributed by atoms with Crippen molar-refractivity contribution < 1.29 is 24.3 Å². The van der Waals surface area contributed by atoms with Gasteiger partial charge in [-0.1, -0.05) is 6.07 Å². The molecule has 6 heteroatoms. The van der Waals surface area contributed by atoms with E-state index in [1.54, 1.807) is 6.07 Å². The first kappa shape index (κ1) is 14.8. The SMILES string of the molecule is O=C(O)C1CCC2(CCc3ccc(P(=O)(O)O)cc32)CC1. The van der Waals surface area contributed by atoms with Crippen LogP contribution in [0.25, 0.3) is 0 Å². The molecule has 0 bridgehead atoms. The van der Waals surface area contributed by atoms with Crippen LogP contribution in [0, 0.1) is 5.92 Å². The lowest BCUT2D eigenvalue weighted by Crippen LogP contribution is -2.32. The Bertz CT molecular complexity index is 625. The monoisotopic (exact) mass is 310 g/mol. The van der Waals surface area contributed by atoms with E-state index in [0.29, 0.717) is 12.8 Å². The number of carbonyl (C=O) groups is 1. The van der Waals surface area contributed by atoms with Gasteiger partial charge < -0.3 is 14.9 Å². The summed E-state index contributed by atoms with van der Waals surface area (Å²) in [7, 11) is -4.24. The molecule has 0 saturated heterocycles. The zero-order chi connectivity index (χ0) is 15.3. The van der Waals surface area contributed by atoms with Gasteiger partial charge >= 0.3 is 13.6 Å². The van der Waals surface area contributed by atoms with Gasteiger partial charge in [0.1, 0.15) is 0 Å². The maximum Gasteiger partial charge on any atom is 0.356 e. The van der Waals surface area contributed by atoms with Gasteiger partial charge in [0.15, 0.2) is 0 Å². The van der Waals surface area contributed by atoms with Crippen molar-refractivity contribution in [3.05, 3.63) is 29.3 Å². The highest BCUT2D eigenvalue weighted by atomic mass is 31.2. The van der Waals surface area contributed by atoms with Crippen LogP contribution < -0.4 is 5.30 Å². The van der Waals surface area contributed by atoms with Crippen LogP contribution in [0.4, 0.5) is 0 Å². The minimum Gasteiger partial charge on any atom is -0.481 e. The summed E-state index contributed by atoms with van der Waals surface area (Å²) in [6, 6.07) is 4.99.